The number of rotatable bonds is 6. The van der Waals surface area contributed by atoms with Gasteiger partial charge in [-0.1, -0.05) is 35.0 Å². The second-order valence-corrected chi connectivity index (χ2v) is 5.63. The Morgan fingerprint density at radius 3 is 2.81 bits per heavy atom. The predicted octanol–water partition coefficient (Wildman–Crippen LogP) is 3.85. The monoisotopic (exact) mass is 347 g/mol. The smallest absolute Gasteiger partial charge is 0.228 e. The van der Waals surface area contributed by atoms with Gasteiger partial charge in [-0.2, -0.15) is 0 Å². The van der Waals surface area contributed by atoms with Gasteiger partial charge < -0.3 is 10.6 Å². The fourth-order valence-electron chi connectivity index (χ4n) is 1.86. The molecule has 0 fully saturated rings. The van der Waals surface area contributed by atoms with Crippen molar-refractivity contribution >= 4 is 33.3 Å². The molecule has 2 N–H and O–H groups in total. The molecule has 21 heavy (non-hydrogen) atoms. The van der Waals surface area contributed by atoms with E-state index in [1.165, 1.54) is 0 Å². The molecule has 0 bridgehead atoms. The van der Waals surface area contributed by atoms with Crippen LogP contribution in [-0.2, 0) is 11.2 Å². The maximum absolute atomic E-state index is 12.0. The molecule has 1 heterocycles. The summed E-state index contributed by atoms with van der Waals surface area (Å²) in [5.41, 5.74) is 1.67. The summed E-state index contributed by atoms with van der Waals surface area (Å²) in [6.45, 7) is 2.99. The van der Waals surface area contributed by atoms with Gasteiger partial charge in [-0.25, -0.2) is 4.98 Å². The number of hydrogen-bond donors (Lipinski definition) is 2. The van der Waals surface area contributed by atoms with Gasteiger partial charge in [0, 0.05) is 11.0 Å². The number of benzene rings is 1. The van der Waals surface area contributed by atoms with E-state index < -0.39 is 0 Å². The van der Waals surface area contributed by atoms with Crippen molar-refractivity contribution in [1.29, 1.82) is 0 Å². The van der Waals surface area contributed by atoms with E-state index in [-0.39, 0.29) is 5.91 Å². The van der Waals surface area contributed by atoms with Gasteiger partial charge in [0.25, 0.3) is 0 Å². The molecule has 0 atom stereocenters. The van der Waals surface area contributed by atoms with Gasteiger partial charge in [-0.15, -0.1) is 0 Å². The Balaban J connectivity index is 1.90. The van der Waals surface area contributed by atoms with E-state index in [1.807, 2.05) is 36.4 Å². The van der Waals surface area contributed by atoms with Gasteiger partial charge in [-0.05, 0) is 36.2 Å². The number of amides is 1. The lowest BCUT2D eigenvalue weighted by molar-refractivity contribution is -0.115. The SMILES string of the molecule is CCCNc1ccc(NC(=O)Cc2cccc(Br)c2)cn1. The van der Waals surface area contributed by atoms with E-state index in [9.17, 15) is 4.79 Å². The summed E-state index contributed by atoms with van der Waals surface area (Å²) in [7, 11) is 0. The minimum absolute atomic E-state index is 0.0517. The van der Waals surface area contributed by atoms with Crippen molar-refractivity contribution in [3.8, 4) is 0 Å². The van der Waals surface area contributed by atoms with Crippen molar-refractivity contribution in [2.24, 2.45) is 0 Å². The molecule has 0 aliphatic rings. The van der Waals surface area contributed by atoms with Crippen LogP contribution in [0.4, 0.5) is 11.5 Å². The van der Waals surface area contributed by atoms with Gasteiger partial charge in [0.1, 0.15) is 5.82 Å². The zero-order chi connectivity index (χ0) is 15.1. The molecule has 2 rings (SSSR count). The molecule has 110 valence electrons. The third-order valence-electron chi connectivity index (χ3n) is 2.86. The second kappa shape index (κ2) is 7.78. The molecular weight excluding hydrogens is 330 g/mol. The van der Waals surface area contributed by atoms with Gasteiger partial charge in [0.15, 0.2) is 0 Å². The number of anilines is 2. The van der Waals surface area contributed by atoms with Crippen LogP contribution in [0.3, 0.4) is 0 Å². The number of nitrogens with one attached hydrogen (secondary N) is 2. The Kier molecular flexibility index (Phi) is 5.75. The summed E-state index contributed by atoms with van der Waals surface area (Å²) in [6, 6.07) is 11.4. The molecule has 0 spiro atoms. The van der Waals surface area contributed by atoms with E-state index in [0.29, 0.717) is 12.1 Å². The first-order chi connectivity index (χ1) is 10.2. The highest BCUT2D eigenvalue weighted by atomic mass is 79.9. The van der Waals surface area contributed by atoms with Crippen LogP contribution in [0.1, 0.15) is 18.9 Å². The number of carbonyl (C=O) groups is 1. The standard InChI is InChI=1S/C16H18BrN3O/c1-2-8-18-15-7-6-14(11-19-15)20-16(21)10-12-4-3-5-13(17)9-12/h3-7,9,11H,2,8,10H2,1H3,(H,18,19)(H,20,21). The Bertz CT molecular complexity index is 599. The van der Waals surface area contributed by atoms with Crippen LogP contribution in [0.25, 0.3) is 0 Å². The van der Waals surface area contributed by atoms with Crippen LogP contribution in [0, 0.1) is 0 Å². The highest BCUT2D eigenvalue weighted by Gasteiger charge is 2.05. The molecule has 0 aliphatic carbocycles. The molecule has 1 aromatic heterocycles. The molecule has 0 radical (unpaired) electrons. The average molecular weight is 348 g/mol. The largest absolute Gasteiger partial charge is 0.370 e. The van der Waals surface area contributed by atoms with Crippen LogP contribution in [0.5, 0.6) is 0 Å². The molecule has 0 unspecified atom stereocenters. The Morgan fingerprint density at radius 1 is 1.29 bits per heavy atom. The van der Waals surface area contributed by atoms with Crippen molar-refractivity contribution < 1.29 is 4.79 Å². The third kappa shape index (κ3) is 5.19. The molecular formula is C16H18BrN3O. The summed E-state index contributed by atoms with van der Waals surface area (Å²) in [5, 5.41) is 6.04. The minimum atomic E-state index is -0.0517. The molecule has 0 aliphatic heterocycles. The Hall–Kier alpha value is -1.88. The zero-order valence-corrected chi connectivity index (χ0v) is 13.5. The molecule has 0 saturated heterocycles. The number of carbonyl (C=O) groups excluding carboxylic acids is 1. The number of hydrogen-bond acceptors (Lipinski definition) is 3. The maximum Gasteiger partial charge on any atom is 0.228 e. The first-order valence-electron chi connectivity index (χ1n) is 6.91. The fraction of sp³-hybridized carbons (Fsp3) is 0.250. The zero-order valence-electron chi connectivity index (χ0n) is 11.9. The summed E-state index contributed by atoms with van der Waals surface area (Å²) in [6.07, 6.45) is 3.05. The van der Waals surface area contributed by atoms with Gasteiger partial charge in [0.05, 0.1) is 18.3 Å². The highest BCUT2D eigenvalue weighted by Crippen LogP contribution is 2.14. The van der Waals surface area contributed by atoms with Crippen LogP contribution >= 0.6 is 15.9 Å². The van der Waals surface area contributed by atoms with E-state index >= 15 is 0 Å². The van der Waals surface area contributed by atoms with Crippen LogP contribution in [0.2, 0.25) is 0 Å². The lowest BCUT2D eigenvalue weighted by Crippen LogP contribution is -2.14. The molecule has 4 nitrogen and oxygen atoms in total. The molecule has 1 aromatic carbocycles. The Morgan fingerprint density at radius 2 is 2.14 bits per heavy atom. The average Bonchev–Trinajstić information content (AvgIpc) is 2.46. The number of halogens is 1. The van der Waals surface area contributed by atoms with Gasteiger partial charge in [0.2, 0.25) is 5.91 Å². The van der Waals surface area contributed by atoms with E-state index in [0.717, 1.165) is 28.8 Å². The van der Waals surface area contributed by atoms with E-state index in [1.54, 1.807) is 6.20 Å². The summed E-state index contributed by atoms with van der Waals surface area (Å²) >= 11 is 3.40. The lowest BCUT2D eigenvalue weighted by Gasteiger charge is -2.07. The topological polar surface area (TPSA) is 54.0 Å². The summed E-state index contributed by atoms with van der Waals surface area (Å²) in [4.78, 5) is 16.2. The number of pyridine rings is 1. The minimum Gasteiger partial charge on any atom is -0.370 e. The van der Waals surface area contributed by atoms with Crippen molar-refractivity contribution in [1.82, 2.24) is 4.98 Å². The van der Waals surface area contributed by atoms with Gasteiger partial charge >= 0.3 is 0 Å². The normalized spacial score (nSPS) is 10.2. The predicted molar refractivity (Wildman–Crippen MR) is 89.5 cm³/mol. The van der Waals surface area contributed by atoms with Gasteiger partial charge in [-0.3, -0.25) is 4.79 Å². The van der Waals surface area contributed by atoms with Crippen LogP contribution in [-0.4, -0.2) is 17.4 Å². The third-order valence-corrected chi connectivity index (χ3v) is 3.35. The van der Waals surface area contributed by atoms with E-state index in [2.05, 4.69) is 38.5 Å². The van der Waals surface area contributed by atoms with Crippen molar-refractivity contribution in [2.45, 2.75) is 19.8 Å². The molecule has 5 heteroatoms. The summed E-state index contributed by atoms with van der Waals surface area (Å²) in [5.74, 6) is 0.769. The van der Waals surface area contributed by atoms with Crippen LogP contribution in [0.15, 0.2) is 47.1 Å². The first kappa shape index (κ1) is 15.5. The first-order valence-corrected chi connectivity index (χ1v) is 7.71. The molecule has 1 amide bonds. The lowest BCUT2D eigenvalue weighted by atomic mass is 10.1. The number of aromatic nitrogens is 1. The van der Waals surface area contributed by atoms with E-state index in [4.69, 9.17) is 0 Å². The van der Waals surface area contributed by atoms with Crippen molar-refractivity contribution in [3.05, 3.63) is 52.6 Å². The highest BCUT2D eigenvalue weighted by molar-refractivity contribution is 9.10. The van der Waals surface area contributed by atoms with Crippen LogP contribution < -0.4 is 10.6 Å². The Labute approximate surface area is 133 Å². The number of nitrogens with zero attached hydrogens (tertiary/aromatic N) is 1. The second-order valence-electron chi connectivity index (χ2n) is 4.71. The van der Waals surface area contributed by atoms with Crippen molar-refractivity contribution in [3.63, 3.8) is 0 Å². The maximum atomic E-state index is 12.0. The fourth-order valence-corrected chi connectivity index (χ4v) is 2.31. The summed E-state index contributed by atoms with van der Waals surface area (Å²) < 4.78 is 0.973. The molecule has 0 saturated carbocycles. The molecule has 2 aromatic rings. The quantitative estimate of drug-likeness (QED) is 0.834. The van der Waals surface area contributed by atoms with Crippen molar-refractivity contribution in [2.75, 3.05) is 17.2 Å².